The summed E-state index contributed by atoms with van der Waals surface area (Å²) in [6.45, 7) is 1.31. The zero-order chi connectivity index (χ0) is 19.4. The Morgan fingerprint density at radius 3 is 3.04 bits per heavy atom. The standard InChI is InChI=1S/C19H18ClNO4S2/c1-3-6-25-17-14(20)8-12(9-15(17)23-2)10-16-18(22)21(19(26)27-16)11-13-5-4-7-24-13/h1,8-10,13H,4-7,11H2,2H3/b16-10-/t13-/m1/s1. The monoisotopic (exact) mass is 423 g/mol. The van der Waals surface area contributed by atoms with Crippen LogP contribution in [0.15, 0.2) is 17.0 Å². The van der Waals surface area contributed by atoms with Crippen molar-refractivity contribution >= 4 is 51.9 Å². The molecule has 2 heterocycles. The molecule has 0 aromatic heterocycles. The highest BCUT2D eigenvalue weighted by atomic mass is 35.5. The van der Waals surface area contributed by atoms with Gasteiger partial charge >= 0.3 is 0 Å². The Morgan fingerprint density at radius 2 is 2.37 bits per heavy atom. The number of ether oxygens (including phenoxy) is 3. The number of rotatable bonds is 6. The third kappa shape index (κ3) is 4.58. The maximum absolute atomic E-state index is 12.7. The predicted molar refractivity (Wildman–Crippen MR) is 111 cm³/mol. The van der Waals surface area contributed by atoms with E-state index in [4.69, 9.17) is 44.5 Å². The number of thiocarbonyl (C=S) groups is 1. The van der Waals surface area contributed by atoms with Crippen LogP contribution in [0.3, 0.4) is 0 Å². The van der Waals surface area contributed by atoms with E-state index in [0.29, 0.717) is 37.9 Å². The Bertz CT molecular complexity index is 828. The molecule has 0 unspecified atom stereocenters. The summed E-state index contributed by atoms with van der Waals surface area (Å²) in [5, 5.41) is 0.352. The summed E-state index contributed by atoms with van der Waals surface area (Å²) in [6, 6.07) is 3.44. The van der Waals surface area contributed by atoms with Crippen LogP contribution >= 0.6 is 35.6 Å². The second-order valence-corrected chi connectivity index (χ2v) is 8.04. The van der Waals surface area contributed by atoms with Crippen LogP contribution in [0.2, 0.25) is 5.02 Å². The Kier molecular flexibility index (Phi) is 6.66. The minimum Gasteiger partial charge on any atom is -0.493 e. The van der Waals surface area contributed by atoms with Gasteiger partial charge in [-0.3, -0.25) is 9.69 Å². The Hall–Kier alpha value is -1.72. The molecule has 0 aliphatic carbocycles. The molecule has 1 aromatic carbocycles. The van der Waals surface area contributed by atoms with Crippen LogP contribution < -0.4 is 9.47 Å². The lowest BCUT2D eigenvalue weighted by atomic mass is 10.1. The van der Waals surface area contributed by atoms with E-state index in [0.717, 1.165) is 19.4 Å². The van der Waals surface area contributed by atoms with E-state index >= 15 is 0 Å². The van der Waals surface area contributed by atoms with E-state index in [1.165, 1.54) is 18.9 Å². The number of methoxy groups -OCH3 is 1. The number of amides is 1. The van der Waals surface area contributed by atoms with Crippen LogP contribution in [-0.4, -0.2) is 48.1 Å². The van der Waals surface area contributed by atoms with Gasteiger partial charge in [0, 0.05) is 6.61 Å². The van der Waals surface area contributed by atoms with Crippen molar-refractivity contribution in [1.29, 1.82) is 0 Å². The number of benzene rings is 1. The minimum atomic E-state index is -0.122. The Labute approximate surface area is 173 Å². The van der Waals surface area contributed by atoms with Crippen LogP contribution in [0.5, 0.6) is 11.5 Å². The van der Waals surface area contributed by atoms with Crippen molar-refractivity contribution in [3.05, 3.63) is 27.6 Å². The molecule has 0 saturated carbocycles. The highest BCUT2D eigenvalue weighted by Crippen LogP contribution is 2.39. The number of carbonyl (C=O) groups excluding carboxylic acids is 1. The first-order valence-electron chi connectivity index (χ1n) is 8.34. The van der Waals surface area contributed by atoms with Gasteiger partial charge in [0.05, 0.1) is 29.7 Å². The number of hydrogen-bond donors (Lipinski definition) is 0. The van der Waals surface area contributed by atoms with E-state index in [1.54, 1.807) is 23.1 Å². The van der Waals surface area contributed by atoms with Crippen molar-refractivity contribution in [3.63, 3.8) is 0 Å². The maximum Gasteiger partial charge on any atom is 0.266 e. The number of terminal acetylenes is 1. The summed E-state index contributed by atoms with van der Waals surface area (Å²) in [5.74, 6) is 3.08. The fourth-order valence-electron chi connectivity index (χ4n) is 2.88. The molecule has 2 saturated heterocycles. The average Bonchev–Trinajstić information content (AvgIpc) is 3.25. The van der Waals surface area contributed by atoms with Gasteiger partial charge in [-0.05, 0) is 36.6 Å². The van der Waals surface area contributed by atoms with Crippen LogP contribution in [0, 0.1) is 12.3 Å². The van der Waals surface area contributed by atoms with Gasteiger partial charge in [0.2, 0.25) is 0 Å². The smallest absolute Gasteiger partial charge is 0.266 e. The van der Waals surface area contributed by atoms with E-state index < -0.39 is 0 Å². The van der Waals surface area contributed by atoms with Gasteiger partial charge in [-0.1, -0.05) is 41.5 Å². The highest BCUT2D eigenvalue weighted by Gasteiger charge is 2.34. The number of nitrogens with zero attached hydrogens (tertiary/aromatic N) is 1. The molecule has 1 atom stereocenters. The number of carbonyl (C=O) groups is 1. The molecular formula is C19H18ClNO4S2. The molecule has 8 heteroatoms. The van der Waals surface area contributed by atoms with Gasteiger partial charge in [-0.2, -0.15) is 0 Å². The Balaban J connectivity index is 1.81. The van der Waals surface area contributed by atoms with E-state index in [9.17, 15) is 4.79 Å². The molecule has 2 fully saturated rings. The molecule has 2 aliphatic heterocycles. The SMILES string of the molecule is C#CCOc1c(Cl)cc(/C=C2\SC(=S)N(C[C@H]3CCCO3)C2=O)cc1OC. The van der Waals surface area contributed by atoms with Gasteiger partial charge in [0.15, 0.2) is 11.5 Å². The normalized spacial score (nSPS) is 21.0. The van der Waals surface area contributed by atoms with Crippen molar-refractivity contribution < 1.29 is 19.0 Å². The van der Waals surface area contributed by atoms with E-state index in [-0.39, 0.29) is 18.6 Å². The quantitative estimate of drug-likeness (QED) is 0.394. The zero-order valence-corrected chi connectivity index (χ0v) is 17.1. The lowest BCUT2D eigenvalue weighted by molar-refractivity contribution is -0.123. The first-order chi connectivity index (χ1) is 13.0. The predicted octanol–water partition coefficient (Wildman–Crippen LogP) is 3.74. The fourth-order valence-corrected chi connectivity index (χ4v) is 4.43. The van der Waals surface area contributed by atoms with E-state index in [1.807, 2.05) is 0 Å². The topological polar surface area (TPSA) is 48.0 Å². The van der Waals surface area contributed by atoms with Gasteiger partial charge in [-0.25, -0.2) is 0 Å². The molecule has 1 amide bonds. The third-order valence-corrected chi connectivity index (χ3v) is 5.79. The van der Waals surface area contributed by atoms with Gasteiger partial charge in [0.1, 0.15) is 10.9 Å². The lowest BCUT2D eigenvalue weighted by Gasteiger charge is -2.18. The average molecular weight is 424 g/mol. The number of hydrogen-bond acceptors (Lipinski definition) is 6. The van der Waals surface area contributed by atoms with Crippen molar-refractivity contribution in [2.45, 2.75) is 18.9 Å². The molecule has 0 bridgehead atoms. The van der Waals surface area contributed by atoms with Crippen molar-refractivity contribution in [2.75, 3.05) is 26.9 Å². The summed E-state index contributed by atoms with van der Waals surface area (Å²) < 4.78 is 16.9. The summed E-state index contributed by atoms with van der Waals surface area (Å²) in [5.41, 5.74) is 0.711. The van der Waals surface area contributed by atoms with Crippen molar-refractivity contribution in [3.8, 4) is 23.8 Å². The van der Waals surface area contributed by atoms with Crippen molar-refractivity contribution in [1.82, 2.24) is 4.90 Å². The number of halogens is 1. The first-order valence-corrected chi connectivity index (χ1v) is 9.94. The molecule has 1 aromatic rings. The summed E-state index contributed by atoms with van der Waals surface area (Å²) in [6.07, 6.45) is 8.98. The first kappa shape index (κ1) is 20.0. The second kappa shape index (κ2) is 8.98. The largest absolute Gasteiger partial charge is 0.493 e. The van der Waals surface area contributed by atoms with Gasteiger partial charge in [-0.15, -0.1) is 6.42 Å². The molecule has 142 valence electrons. The number of thioether (sulfide) groups is 1. The third-order valence-electron chi connectivity index (χ3n) is 4.13. The Morgan fingerprint density at radius 1 is 1.56 bits per heavy atom. The van der Waals surface area contributed by atoms with E-state index in [2.05, 4.69) is 5.92 Å². The molecule has 0 N–H and O–H groups in total. The molecule has 0 spiro atoms. The van der Waals surface area contributed by atoms with Gasteiger partial charge < -0.3 is 14.2 Å². The minimum absolute atomic E-state index is 0.0500. The van der Waals surface area contributed by atoms with Crippen LogP contribution in [0.1, 0.15) is 18.4 Å². The summed E-state index contributed by atoms with van der Waals surface area (Å²) >= 11 is 12.9. The van der Waals surface area contributed by atoms with Gasteiger partial charge in [0.25, 0.3) is 5.91 Å². The fraction of sp³-hybridized carbons (Fsp3) is 0.368. The molecule has 5 nitrogen and oxygen atoms in total. The summed E-state index contributed by atoms with van der Waals surface area (Å²) in [7, 11) is 1.51. The van der Waals surface area contributed by atoms with Crippen LogP contribution in [0.4, 0.5) is 0 Å². The molecule has 0 radical (unpaired) electrons. The molecule has 27 heavy (non-hydrogen) atoms. The maximum atomic E-state index is 12.7. The zero-order valence-electron chi connectivity index (χ0n) is 14.7. The summed E-state index contributed by atoms with van der Waals surface area (Å²) in [4.78, 5) is 14.9. The molecule has 2 aliphatic rings. The second-order valence-electron chi connectivity index (χ2n) is 5.95. The van der Waals surface area contributed by atoms with Crippen molar-refractivity contribution in [2.24, 2.45) is 0 Å². The molecule has 3 rings (SSSR count). The molecular weight excluding hydrogens is 406 g/mol. The highest BCUT2D eigenvalue weighted by molar-refractivity contribution is 8.26. The van der Waals surface area contributed by atoms with Crippen LogP contribution in [0.25, 0.3) is 6.08 Å². The lowest BCUT2D eigenvalue weighted by Crippen LogP contribution is -2.35. The van der Waals surface area contributed by atoms with Crippen LogP contribution in [-0.2, 0) is 9.53 Å².